The minimum atomic E-state index is 0.0351. The summed E-state index contributed by atoms with van der Waals surface area (Å²) in [6, 6.07) is 0.0351. The summed E-state index contributed by atoms with van der Waals surface area (Å²) in [4.78, 5) is 11.6. The van der Waals surface area contributed by atoms with Crippen molar-refractivity contribution < 1.29 is 14.3 Å². The van der Waals surface area contributed by atoms with Gasteiger partial charge in [0.15, 0.2) is 0 Å². The maximum atomic E-state index is 11.6. The van der Waals surface area contributed by atoms with E-state index >= 15 is 0 Å². The standard InChI is InChI=1S/C12H24N2O3/c1-16-9-10-17-8-3-2-6-14-12(15)11-5-4-7-13-11/h11,13H,2-10H2,1H3,(H,14,15)/t11-/m0/s1. The Morgan fingerprint density at radius 3 is 2.94 bits per heavy atom. The molecule has 0 aliphatic carbocycles. The van der Waals surface area contributed by atoms with E-state index in [4.69, 9.17) is 9.47 Å². The molecule has 0 aromatic rings. The van der Waals surface area contributed by atoms with E-state index in [-0.39, 0.29) is 11.9 Å². The molecule has 0 radical (unpaired) electrons. The van der Waals surface area contributed by atoms with Gasteiger partial charge >= 0.3 is 0 Å². The predicted molar refractivity (Wildman–Crippen MR) is 66.0 cm³/mol. The summed E-state index contributed by atoms with van der Waals surface area (Å²) in [6.07, 6.45) is 4.00. The van der Waals surface area contributed by atoms with Gasteiger partial charge in [-0.1, -0.05) is 0 Å². The SMILES string of the molecule is COCCOCCCCNC(=O)[C@@H]1CCCN1. The summed E-state index contributed by atoms with van der Waals surface area (Å²) in [5.41, 5.74) is 0. The van der Waals surface area contributed by atoms with Crippen molar-refractivity contribution in [2.75, 3.05) is 40.0 Å². The lowest BCUT2D eigenvalue weighted by molar-refractivity contribution is -0.122. The average molecular weight is 244 g/mol. The molecule has 0 unspecified atom stereocenters. The molecule has 5 nitrogen and oxygen atoms in total. The van der Waals surface area contributed by atoms with E-state index in [1.165, 1.54) is 0 Å². The fourth-order valence-electron chi connectivity index (χ4n) is 1.82. The second-order valence-corrected chi connectivity index (χ2v) is 4.25. The van der Waals surface area contributed by atoms with Crippen LogP contribution in [0, 0.1) is 0 Å². The van der Waals surface area contributed by atoms with E-state index in [2.05, 4.69) is 10.6 Å². The van der Waals surface area contributed by atoms with Crippen LogP contribution in [0.5, 0.6) is 0 Å². The smallest absolute Gasteiger partial charge is 0.237 e. The van der Waals surface area contributed by atoms with E-state index in [0.717, 1.165) is 45.4 Å². The van der Waals surface area contributed by atoms with Crippen molar-refractivity contribution in [2.45, 2.75) is 31.7 Å². The third-order valence-corrected chi connectivity index (χ3v) is 2.82. The van der Waals surface area contributed by atoms with Crippen LogP contribution in [-0.4, -0.2) is 52.0 Å². The Labute approximate surface area is 103 Å². The van der Waals surface area contributed by atoms with Crippen LogP contribution in [0.2, 0.25) is 0 Å². The molecule has 1 aliphatic rings. The highest BCUT2D eigenvalue weighted by atomic mass is 16.5. The number of hydrogen-bond donors (Lipinski definition) is 2. The van der Waals surface area contributed by atoms with Gasteiger partial charge in [0.2, 0.25) is 5.91 Å². The first-order valence-electron chi connectivity index (χ1n) is 6.42. The van der Waals surface area contributed by atoms with Crippen molar-refractivity contribution in [1.29, 1.82) is 0 Å². The summed E-state index contributed by atoms with van der Waals surface area (Å²) >= 11 is 0. The molecule has 5 heteroatoms. The average Bonchev–Trinajstić information content (AvgIpc) is 2.86. The zero-order valence-corrected chi connectivity index (χ0v) is 10.7. The van der Waals surface area contributed by atoms with Crippen molar-refractivity contribution in [2.24, 2.45) is 0 Å². The van der Waals surface area contributed by atoms with E-state index in [1.807, 2.05) is 0 Å². The Balaban J connectivity index is 1.85. The first-order valence-corrected chi connectivity index (χ1v) is 6.42. The highest BCUT2D eigenvalue weighted by Gasteiger charge is 2.20. The molecule has 0 bridgehead atoms. The molecule has 0 aromatic carbocycles. The summed E-state index contributed by atoms with van der Waals surface area (Å²) in [6.45, 7) is 3.73. The van der Waals surface area contributed by atoms with Crippen LogP contribution in [0.25, 0.3) is 0 Å². The van der Waals surface area contributed by atoms with Crippen molar-refractivity contribution >= 4 is 5.91 Å². The van der Waals surface area contributed by atoms with Gasteiger partial charge in [-0.25, -0.2) is 0 Å². The van der Waals surface area contributed by atoms with Crippen molar-refractivity contribution in [1.82, 2.24) is 10.6 Å². The molecule has 1 rings (SSSR count). The van der Waals surface area contributed by atoms with Gasteiger partial charge in [0.25, 0.3) is 0 Å². The van der Waals surface area contributed by atoms with Gasteiger partial charge in [-0.3, -0.25) is 4.79 Å². The Hall–Kier alpha value is -0.650. The zero-order chi connectivity index (χ0) is 12.3. The number of carbonyl (C=O) groups excluding carboxylic acids is 1. The summed E-state index contributed by atoms with van der Waals surface area (Å²) in [7, 11) is 1.66. The summed E-state index contributed by atoms with van der Waals surface area (Å²) in [5, 5.41) is 6.13. The van der Waals surface area contributed by atoms with Gasteiger partial charge < -0.3 is 20.1 Å². The molecule has 0 saturated carbocycles. The molecule has 17 heavy (non-hydrogen) atoms. The summed E-state index contributed by atoms with van der Waals surface area (Å²) < 4.78 is 10.2. The molecule has 0 spiro atoms. The number of unbranched alkanes of at least 4 members (excludes halogenated alkanes) is 1. The van der Waals surface area contributed by atoms with Crippen LogP contribution >= 0.6 is 0 Å². The van der Waals surface area contributed by atoms with Crippen LogP contribution in [0.4, 0.5) is 0 Å². The molecule has 2 N–H and O–H groups in total. The molecule has 1 fully saturated rings. The maximum absolute atomic E-state index is 11.6. The molecule has 1 amide bonds. The van der Waals surface area contributed by atoms with Gasteiger partial charge in [-0.2, -0.15) is 0 Å². The number of amides is 1. The molecular formula is C12H24N2O3. The Morgan fingerprint density at radius 2 is 2.24 bits per heavy atom. The maximum Gasteiger partial charge on any atom is 0.237 e. The molecule has 1 heterocycles. The molecule has 100 valence electrons. The fraction of sp³-hybridized carbons (Fsp3) is 0.917. The molecule has 0 aromatic heterocycles. The Bertz CT molecular complexity index is 206. The lowest BCUT2D eigenvalue weighted by Gasteiger charge is -2.10. The first-order chi connectivity index (χ1) is 8.34. The largest absolute Gasteiger partial charge is 0.382 e. The molecule has 1 aliphatic heterocycles. The lowest BCUT2D eigenvalue weighted by Crippen LogP contribution is -2.40. The Kier molecular flexibility index (Phi) is 7.96. The number of hydrogen-bond acceptors (Lipinski definition) is 4. The molecule has 1 saturated heterocycles. The van der Waals surface area contributed by atoms with E-state index in [0.29, 0.717) is 13.2 Å². The third kappa shape index (κ3) is 6.61. The second kappa shape index (κ2) is 9.39. The van der Waals surface area contributed by atoms with Gasteiger partial charge in [0.1, 0.15) is 0 Å². The molecule has 1 atom stereocenters. The van der Waals surface area contributed by atoms with Crippen molar-refractivity contribution in [3.05, 3.63) is 0 Å². The highest BCUT2D eigenvalue weighted by Crippen LogP contribution is 2.04. The van der Waals surface area contributed by atoms with Crippen LogP contribution in [0.1, 0.15) is 25.7 Å². The van der Waals surface area contributed by atoms with Crippen LogP contribution < -0.4 is 10.6 Å². The second-order valence-electron chi connectivity index (χ2n) is 4.25. The topological polar surface area (TPSA) is 59.6 Å². The summed E-state index contributed by atoms with van der Waals surface area (Å²) in [5.74, 6) is 0.141. The van der Waals surface area contributed by atoms with Crippen LogP contribution in [0.15, 0.2) is 0 Å². The Morgan fingerprint density at radius 1 is 1.35 bits per heavy atom. The van der Waals surface area contributed by atoms with E-state index in [1.54, 1.807) is 7.11 Å². The van der Waals surface area contributed by atoms with Crippen LogP contribution in [-0.2, 0) is 14.3 Å². The number of methoxy groups -OCH3 is 1. The first kappa shape index (κ1) is 14.4. The molecular weight excluding hydrogens is 220 g/mol. The number of carbonyl (C=O) groups is 1. The minimum absolute atomic E-state index is 0.0351. The minimum Gasteiger partial charge on any atom is -0.382 e. The predicted octanol–water partition coefficient (Wildman–Crippen LogP) is 0.298. The fourth-order valence-corrected chi connectivity index (χ4v) is 1.82. The normalized spacial score (nSPS) is 19.5. The zero-order valence-electron chi connectivity index (χ0n) is 10.7. The van der Waals surface area contributed by atoms with Gasteiger partial charge in [0, 0.05) is 20.3 Å². The highest BCUT2D eigenvalue weighted by molar-refractivity contribution is 5.81. The van der Waals surface area contributed by atoms with E-state index < -0.39 is 0 Å². The van der Waals surface area contributed by atoms with Crippen molar-refractivity contribution in [3.8, 4) is 0 Å². The van der Waals surface area contributed by atoms with Gasteiger partial charge in [0.05, 0.1) is 19.3 Å². The lowest BCUT2D eigenvalue weighted by atomic mass is 10.2. The van der Waals surface area contributed by atoms with Crippen LogP contribution in [0.3, 0.4) is 0 Å². The van der Waals surface area contributed by atoms with Gasteiger partial charge in [-0.15, -0.1) is 0 Å². The monoisotopic (exact) mass is 244 g/mol. The quantitative estimate of drug-likeness (QED) is 0.573. The van der Waals surface area contributed by atoms with Crippen molar-refractivity contribution in [3.63, 3.8) is 0 Å². The van der Waals surface area contributed by atoms with E-state index in [9.17, 15) is 4.79 Å². The number of ether oxygens (including phenoxy) is 2. The third-order valence-electron chi connectivity index (χ3n) is 2.82. The number of nitrogens with one attached hydrogen (secondary N) is 2. The number of rotatable bonds is 9. The van der Waals surface area contributed by atoms with Gasteiger partial charge in [-0.05, 0) is 32.2 Å².